The summed E-state index contributed by atoms with van der Waals surface area (Å²) in [7, 11) is -3.39. The van der Waals surface area contributed by atoms with E-state index in [1.165, 1.54) is 4.31 Å². The van der Waals surface area contributed by atoms with E-state index in [0.717, 1.165) is 24.8 Å². The topological polar surface area (TPSA) is 92.5 Å². The molecule has 0 saturated carbocycles. The average Bonchev–Trinajstić information content (AvgIpc) is 3.08. The molecule has 1 atom stereocenters. The molecule has 0 aliphatic carbocycles. The zero-order chi connectivity index (χ0) is 17.8. The van der Waals surface area contributed by atoms with Gasteiger partial charge in [0.15, 0.2) is 0 Å². The predicted octanol–water partition coefficient (Wildman–Crippen LogP) is 2.03. The number of amides is 1. The fourth-order valence-electron chi connectivity index (χ4n) is 2.87. The number of nitrogens with two attached hydrogens (primary N) is 1. The van der Waals surface area contributed by atoms with Crippen molar-refractivity contribution in [2.75, 3.05) is 13.1 Å². The smallest absolute Gasteiger partial charge is 0.243 e. The number of halogens is 1. The molecule has 1 aromatic carbocycles. The molecule has 6 nitrogen and oxygen atoms in total. The molecule has 1 amide bonds. The minimum atomic E-state index is -3.39. The molecule has 0 radical (unpaired) electrons. The van der Waals surface area contributed by atoms with Crippen LogP contribution >= 0.6 is 12.4 Å². The van der Waals surface area contributed by atoms with Gasteiger partial charge in [0, 0.05) is 19.6 Å². The molecule has 0 bridgehead atoms. The summed E-state index contributed by atoms with van der Waals surface area (Å²) in [6, 6.07) is 6.67. The molecule has 1 saturated heterocycles. The Morgan fingerprint density at radius 3 is 2.32 bits per heavy atom. The van der Waals surface area contributed by atoms with Gasteiger partial charge in [-0.15, -0.1) is 12.4 Å². The van der Waals surface area contributed by atoms with Gasteiger partial charge >= 0.3 is 0 Å². The summed E-state index contributed by atoms with van der Waals surface area (Å²) < 4.78 is 26.4. The number of nitrogens with zero attached hydrogens (tertiary/aromatic N) is 1. The van der Waals surface area contributed by atoms with Gasteiger partial charge < -0.3 is 11.1 Å². The van der Waals surface area contributed by atoms with E-state index in [9.17, 15) is 13.2 Å². The van der Waals surface area contributed by atoms with Gasteiger partial charge in [-0.05, 0) is 43.9 Å². The summed E-state index contributed by atoms with van der Waals surface area (Å²) in [6.07, 6.45) is 3.28. The highest BCUT2D eigenvalue weighted by atomic mass is 35.5. The number of carbonyl (C=O) groups excluding carboxylic acids is 1. The third-order valence-corrected chi connectivity index (χ3v) is 6.28. The van der Waals surface area contributed by atoms with E-state index in [0.29, 0.717) is 31.0 Å². The summed E-state index contributed by atoms with van der Waals surface area (Å²) >= 11 is 0. The van der Waals surface area contributed by atoms with Crippen LogP contribution in [0.3, 0.4) is 0 Å². The zero-order valence-electron chi connectivity index (χ0n) is 14.8. The van der Waals surface area contributed by atoms with Gasteiger partial charge in [0.25, 0.3) is 0 Å². The van der Waals surface area contributed by atoms with Crippen molar-refractivity contribution in [3.8, 4) is 0 Å². The molecule has 2 rings (SSSR count). The molecule has 1 fully saturated rings. The molecule has 25 heavy (non-hydrogen) atoms. The summed E-state index contributed by atoms with van der Waals surface area (Å²) in [4.78, 5) is 12.4. The van der Waals surface area contributed by atoms with Crippen LogP contribution in [-0.2, 0) is 21.4 Å². The molecular weight excluding hydrogens is 362 g/mol. The van der Waals surface area contributed by atoms with Gasteiger partial charge in [-0.25, -0.2) is 8.42 Å². The van der Waals surface area contributed by atoms with Crippen LogP contribution in [0.5, 0.6) is 0 Å². The Bertz CT molecular complexity index is 669. The van der Waals surface area contributed by atoms with Crippen molar-refractivity contribution in [3.63, 3.8) is 0 Å². The number of rotatable bonds is 7. The van der Waals surface area contributed by atoms with E-state index in [-0.39, 0.29) is 18.3 Å². The van der Waals surface area contributed by atoms with Crippen molar-refractivity contribution in [2.24, 2.45) is 5.73 Å². The second kappa shape index (κ2) is 8.98. The standard InChI is InChI=1S/C17H27N3O3S.ClH/c1-3-10-17(2,18)16(21)19-13-14-6-8-15(9-7-14)24(22,23)20-11-4-5-12-20;/h6-9H,3-5,10-13,18H2,1-2H3,(H,19,21);1H. The third kappa shape index (κ3) is 5.41. The second-order valence-electron chi connectivity index (χ2n) is 6.61. The first-order chi connectivity index (χ1) is 11.3. The number of nitrogens with one attached hydrogen (secondary N) is 1. The Kier molecular flexibility index (Phi) is 7.87. The highest BCUT2D eigenvalue weighted by molar-refractivity contribution is 7.89. The van der Waals surface area contributed by atoms with E-state index < -0.39 is 15.6 Å². The Hall–Kier alpha value is -1.15. The van der Waals surface area contributed by atoms with Crippen LogP contribution in [0.2, 0.25) is 0 Å². The number of hydrogen-bond donors (Lipinski definition) is 2. The lowest BCUT2D eigenvalue weighted by atomic mass is 9.96. The first-order valence-electron chi connectivity index (χ1n) is 8.43. The maximum absolute atomic E-state index is 12.5. The van der Waals surface area contributed by atoms with Crippen molar-refractivity contribution < 1.29 is 13.2 Å². The van der Waals surface area contributed by atoms with Gasteiger partial charge in [-0.2, -0.15) is 4.31 Å². The van der Waals surface area contributed by atoms with Gasteiger partial charge in [-0.3, -0.25) is 4.79 Å². The maximum atomic E-state index is 12.5. The van der Waals surface area contributed by atoms with E-state index in [2.05, 4.69) is 5.32 Å². The minimum Gasteiger partial charge on any atom is -0.350 e. The van der Waals surface area contributed by atoms with Crippen LogP contribution in [0, 0.1) is 0 Å². The fraction of sp³-hybridized carbons (Fsp3) is 0.588. The Balaban J connectivity index is 0.00000312. The lowest BCUT2D eigenvalue weighted by Gasteiger charge is -2.22. The molecule has 3 N–H and O–H groups in total. The van der Waals surface area contributed by atoms with Crippen LogP contribution in [0.1, 0.15) is 45.1 Å². The number of sulfonamides is 1. The highest BCUT2D eigenvalue weighted by Gasteiger charge is 2.28. The molecule has 142 valence electrons. The molecule has 1 aromatic rings. The summed E-state index contributed by atoms with van der Waals surface area (Å²) in [5, 5.41) is 2.81. The first-order valence-corrected chi connectivity index (χ1v) is 9.87. The molecular formula is C17H28ClN3O3S. The van der Waals surface area contributed by atoms with Crippen LogP contribution in [0.25, 0.3) is 0 Å². The van der Waals surface area contributed by atoms with E-state index >= 15 is 0 Å². The molecule has 0 spiro atoms. The lowest BCUT2D eigenvalue weighted by molar-refractivity contribution is -0.126. The lowest BCUT2D eigenvalue weighted by Crippen LogP contribution is -2.51. The van der Waals surface area contributed by atoms with Crippen molar-refractivity contribution in [3.05, 3.63) is 29.8 Å². The summed E-state index contributed by atoms with van der Waals surface area (Å²) in [5.41, 5.74) is 5.95. The highest BCUT2D eigenvalue weighted by Crippen LogP contribution is 2.21. The summed E-state index contributed by atoms with van der Waals surface area (Å²) in [5.74, 6) is -0.196. The van der Waals surface area contributed by atoms with Gasteiger partial charge in [0.05, 0.1) is 10.4 Å². The molecule has 1 aliphatic heterocycles. The molecule has 8 heteroatoms. The first kappa shape index (κ1) is 21.9. The molecule has 1 heterocycles. The SMILES string of the molecule is CCCC(C)(N)C(=O)NCc1ccc(S(=O)(=O)N2CCCC2)cc1.Cl. The van der Waals surface area contributed by atoms with Crippen molar-refractivity contribution in [2.45, 2.75) is 56.5 Å². The largest absolute Gasteiger partial charge is 0.350 e. The quantitative estimate of drug-likeness (QED) is 0.746. The van der Waals surface area contributed by atoms with Gasteiger partial charge in [-0.1, -0.05) is 25.5 Å². The minimum absolute atomic E-state index is 0. The van der Waals surface area contributed by atoms with Crippen LogP contribution < -0.4 is 11.1 Å². The number of hydrogen-bond acceptors (Lipinski definition) is 4. The number of carbonyl (C=O) groups is 1. The molecule has 1 aliphatic rings. The van der Waals surface area contributed by atoms with Crippen LogP contribution in [0.15, 0.2) is 29.2 Å². The fourth-order valence-corrected chi connectivity index (χ4v) is 4.39. The van der Waals surface area contributed by atoms with Gasteiger partial charge in [0.1, 0.15) is 0 Å². The monoisotopic (exact) mass is 389 g/mol. The maximum Gasteiger partial charge on any atom is 0.243 e. The second-order valence-corrected chi connectivity index (χ2v) is 8.54. The zero-order valence-corrected chi connectivity index (χ0v) is 16.5. The molecule has 1 unspecified atom stereocenters. The summed E-state index contributed by atoms with van der Waals surface area (Å²) in [6.45, 7) is 5.22. The van der Waals surface area contributed by atoms with Gasteiger partial charge in [0.2, 0.25) is 15.9 Å². The Morgan fingerprint density at radius 2 is 1.80 bits per heavy atom. The van der Waals surface area contributed by atoms with Crippen molar-refractivity contribution in [1.82, 2.24) is 9.62 Å². The predicted molar refractivity (Wildman–Crippen MR) is 101 cm³/mol. The van der Waals surface area contributed by atoms with E-state index in [1.54, 1.807) is 31.2 Å². The van der Waals surface area contributed by atoms with E-state index in [4.69, 9.17) is 5.73 Å². The Morgan fingerprint density at radius 1 is 1.24 bits per heavy atom. The van der Waals surface area contributed by atoms with E-state index in [1.807, 2.05) is 6.92 Å². The normalized spacial score (nSPS) is 17.6. The van der Waals surface area contributed by atoms with Crippen LogP contribution in [0.4, 0.5) is 0 Å². The average molecular weight is 390 g/mol. The van der Waals surface area contributed by atoms with Crippen molar-refractivity contribution >= 4 is 28.3 Å². The van der Waals surface area contributed by atoms with Crippen molar-refractivity contribution in [1.29, 1.82) is 0 Å². The third-order valence-electron chi connectivity index (χ3n) is 4.37. The Labute approximate surface area is 156 Å². The molecule has 0 aromatic heterocycles. The van der Waals surface area contributed by atoms with Crippen LogP contribution in [-0.4, -0.2) is 37.3 Å². The number of benzene rings is 1.